The Labute approximate surface area is 148 Å². The number of carbonyl (C=O) groups excluding carboxylic acids is 1. The van der Waals surface area contributed by atoms with E-state index in [0.29, 0.717) is 11.1 Å². The number of nitrogens with zero attached hydrogens (tertiary/aromatic N) is 1. The van der Waals surface area contributed by atoms with Crippen molar-refractivity contribution in [3.8, 4) is 0 Å². The van der Waals surface area contributed by atoms with Gasteiger partial charge in [0.2, 0.25) is 5.91 Å². The Bertz CT molecular complexity index is 1180. The Kier molecular flexibility index (Phi) is 3.72. The minimum absolute atomic E-state index is 0.220. The van der Waals surface area contributed by atoms with Crippen LogP contribution in [0, 0.1) is 18.6 Å². The third-order valence-corrected chi connectivity index (χ3v) is 4.66. The highest BCUT2D eigenvalue weighted by Crippen LogP contribution is 2.33. The predicted molar refractivity (Wildman–Crippen MR) is 98.2 cm³/mol. The third kappa shape index (κ3) is 2.52. The van der Waals surface area contributed by atoms with E-state index in [1.165, 1.54) is 12.1 Å². The molecule has 0 fully saturated rings. The first-order valence-electron chi connectivity index (χ1n) is 8.21. The van der Waals surface area contributed by atoms with Crippen LogP contribution < -0.4 is 5.73 Å². The van der Waals surface area contributed by atoms with Crippen molar-refractivity contribution in [3.63, 3.8) is 0 Å². The fourth-order valence-electron chi connectivity index (χ4n) is 3.45. The van der Waals surface area contributed by atoms with Crippen LogP contribution in [0.25, 0.3) is 21.8 Å². The summed E-state index contributed by atoms with van der Waals surface area (Å²) in [5.41, 5.74) is 9.05. The molecule has 130 valence electrons. The zero-order valence-electron chi connectivity index (χ0n) is 14.1. The molecule has 0 aliphatic rings. The SMILES string of the molecule is Cc1ccc2c3c(C(N)=O)cccc3n(Cc3ccc(F)cc3F)c2c1. The number of aryl methyl sites for hydroxylation is 1. The van der Waals surface area contributed by atoms with Gasteiger partial charge in [-0.15, -0.1) is 0 Å². The number of halogens is 2. The lowest BCUT2D eigenvalue weighted by Gasteiger charge is -2.09. The molecule has 0 saturated carbocycles. The molecule has 0 bridgehead atoms. The van der Waals surface area contributed by atoms with E-state index in [1.54, 1.807) is 12.1 Å². The molecular formula is C21H16F2N2O. The second-order valence-corrected chi connectivity index (χ2v) is 6.41. The molecule has 0 saturated heterocycles. The summed E-state index contributed by atoms with van der Waals surface area (Å²) >= 11 is 0. The minimum Gasteiger partial charge on any atom is -0.366 e. The van der Waals surface area contributed by atoms with Gasteiger partial charge in [0.25, 0.3) is 0 Å². The number of hydrogen-bond donors (Lipinski definition) is 1. The Balaban J connectivity index is 2.05. The summed E-state index contributed by atoms with van der Waals surface area (Å²) in [5, 5.41) is 1.63. The van der Waals surface area contributed by atoms with E-state index >= 15 is 0 Å². The number of carbonyl (C=O) groups is 1. The van der Waals surface area contributed by atoms with Crippen LogP contribution in [-0.2, 0) is 6.54 Å². The number of aromatic nitrogens is 1. The van der Waals surface area contributed by atoms with Crippen LogP contribution >= 0.6 is 0 Å². The van der Waals surface area contributed by atoms with Gasteiger partial charge in [-0.05, 0) is 36.8 Å². The number of amides is 1. The average Bonchev–Trinajstić information content (AvgIpc) is 2.90. The lowest BCUT2D eigenvalue weighted by atomic mass is 10.1. The van der Waals surface area contributed by atoms with Crippen molar-refractivity contribution in [1.82, 2.24) is 4.57 Å². The van der Waals surface area contributed by atoms with Crippen LogP contribution in [-0.4, -0.2) is 10.5 Å². The Morgan fingerprint density at radius 2 is 1.85 bits per heavy atom. The molecule has 1 aromatic heterocycles. The van der Waals surface area contributed by atoms with E-state index in [2.05, 4.69) is 0 Å². The van der Waals surface area contributed by atoms with Crippen LogP contribution in [0.1, 0.15) is 21.5 Å². The van der Waals surface area contributed by atoms with Crippen LogP contribution in [0.4, 0.5) is 8.78 Å². The zero-order valence-corrected chi connectivity index (χ0v) is 14.1. The van der Waals surface area contributed by atoms with Crippen molar-refractivity contribution in [2.75, 3.05) is 0 Å². The molecule has 1 heterocycles. The Morgan fingerprint density at radius 3 is 2.58 bits per heavy atom. The quantitative estimate of drug-likeness (QED) is 0.580. The molecule has 0 unspecified atom stereocenters. The largest absolute Gasteiger partial charge is 0.366 e. The molecule has 3 aromatic carbocycles. The summed E-state index contributed by atoms with van der Waals surface area (Å²) < 4.78 is 29.4. The predicted octanol–water partition coefficient (Wildman–Crippen LogP) is 4.53. The Hall–Kier alpha value is -3.21. The molecule has 2 N–H and O–H groups in total. The summed E-state index contributed by atoms with van der Waals surface area (Å²) in [6.07, 6.45) is 0. The van der Waals surface area contributed by atoms with Crippen molar-refractivity contribution in [2.45, 2.75) is 13.5 Å². The van der Waals surface area contributed by atoms with Crippen LogP contribution in [0.15, 0.2) is 54.6 Å². The molecule has 5 heteroatoms. The van der Waals surface area contributed by atoms with Gasteiger partial charge in [0, 0.05) is 33.5 Å². The maximum absolute atomic E-state index is 14.2. The van der Waals surface area contributed by atoms with Gasteiger partial charge in [-0.2, -0.15) is 0 Å². The molecule has 26 heavy (non-hydrogen) atoms. The molecule has 4 aromatic rings. The molecule has 0 spiro atoms. The van der Waals surface area contributed by atoms with Crippen molar-refractivity contribution in [2.24, 2.45) is 5.73 Å². The summed E-state index contributed by atoms with van der Waals surface area (Å²) in [6.45, 7) is 2.19. The number of nitrogens with two attached hydrogens (primary N) is 1. The summed E-state index contributed by atoms with van der Waals surface area (Å²) in [4.78, 5) is 11.9. The molecule has 0 aliphatic carbocycles. The first kappa shape index (κ1) is 16.3. The monoisotopic (exact) mass is 350 g/mol. The molecule has 0 atom stereocenters. The summed E-state index contributed by atoms with van der Waals surface area (Å²) in [6, 6.07) is 14.8. The molecule has 0 aliphatic heterocycles. The lowest BCUT2D eigenvalue weighted by Crippen LogP contribution is -2.11. The zero-order chi connectivity index (χ0) is 18.4. The van der Waals surface area contributed by atoms with E-state index in [-0.39, 0.29) is 6.54 Å². The second-order valence-electron chi connectivity index (χ2n) is 6.41. The molecular weight excluding hydrogens is 334 g/mol. The number of primary amides is 1. The van der Waals surface area contributed by atoms with Crippen LogP contribution in [0.3, 0.4) is 0 Å². The van der Waals surface area contributed by atoms with E-state index < -0.39 is 17.5 Å². The van der Waals surface area contributed by atoms with Crippen molar-refractivity contribution in [3.05, 3.63) is 82.9 Å². The maximum atomic E-state index is 14.2. The normalized spacial score (nSPS) is 11.3. The van der Waals surface area contributed by atoms with Gasteiger partial charge in [0.15, 0.2) is 0 Å². The first-order valence-corrected chi connectivity index (χ1v) is 8.21. The molecule has 3 nitrogen and oxygen atoms in total. The van der Waals surface area contributed by atoms with Gasteiger partial charge >= 0.3 is 0 Å². The fraction of sp³-hybridized carbons (Fsp3) is 0.0952. The minimum atomic E-state index is -0.611. The number of fused-ring (bicyclic) bond motifs is 3. The third-order valence-electron chi connectivity index (χ3n) is 4.66. The standard InChI is InChI=1S/C21H16F2N2O/c1-12-5-8-15-19(9-12)25(11-13-6-7-14(22)10-17(13)23)18-4-2-3-16(20(15)18)21(24)26/h2-10H,11H2,1H3,(H2,24,26). The first-order chi connectivity index (χ1) is 12.5. The number of hydrogen-bond acceptors (Lipinski definition) is 1. The van der Waals surface area contributed by atoms with E-state index in [0.717, 1.165) is 33.4 Å². The van der Waals surface area contributed by atoms with E-state index in [1.807, 2.05) is 35.8 Å². The molecule has 4 rings (SSSR count). The summed E-state index contributed by atoms with van der Waals surface area (Å²) in [7, 11) is 0. The topological polar surface area (TPSA) is 48.0 Å². The van der Waals surface area contributed by atoms with Crippen LogP contribution in [0.2, 0.25) is 0 Å². The van der Waals surface area contributed by atoms with Gasteiger partial charge in [-0.3, -0.25) is 4.79 Å². The second kappa shape index (κ2) is 5.95. The fourth-order valence-corrected chi connectivity index (χ4v) is 3.45. The van der Waals surface area contributed by atoms with Gasteiger partial charge in [0.1, 0.15) is 11.6 Å². The van der Waals surface area contributed by atoms with Gasteiger partial charge in [0.05, 0.1) is 12.1 Å². The van der Waals surface area contributed by atoms with E-state index in [4.69, 9.17) is 5.73 Å². The maximum Gasteiger partial charge on any atom is 0.249 e. The van der Waals surface area contributed by atoms with E-state index in [9.17, 15) is 13.6 Å². The number of benzene rings is 3. The van der Waals surface area contributed by atoms with Gasteiger partial charge in [-0.25, -0.2) is 8.78 Å². The molecule has 1 amide bonds. The highest BCUT2D eigenvalue weighted by molar-refractivity contribution is 6.17. The van der Waals surface area contributed by atoms with Crippen molar-refractivity contribution >= 4 is 27.7 Å². The van der Waals surface area contributed by atoms with Crippen molar-refractivity contribution in [1.29, 1.82) is 0 Å². The van der Waals surface area contributed by atoms with Gasteiger partial charge in [-0.1, -0.05) is 24.3 Å². The smallest absolute Gasteiger partial charge is 0.249 e. The van der Waals surface area contributed by atoms with Crippen molar-refractivity contribution < 1.29 is 13.6 Å². The Morgan fingerprint density at radius 1 is 1.04 bits per heavy atom. The lowest BCUT2D eigenvalue weighted by molar-refractivity contribution is 0.100. The average molecular weight is 350 g/mol. The highest BCUT2D eigenvalue weighted by Gasteiger charge is 2.17. The number of rotatable bonds is 3. The summed E-state index contributed by atoms with van der Waals surface area (Å²) in [5.74, 6) is -1.72. The van der Waals surface area contributed by atoms with Crippen LogP contribution in [0.5, 0.6) is 0 Å². The highest BCUT2D eigenvalue weighted by atomic mass is 19.1. The van der Waals surface area contributed by atoms with Gasteiger partial charge < -0.3 is 10.3 Å². The molecule has 0 radical (unpaired) electrons.